The van der Waals surface area contributed by atoms with E-state index in [9.17, 15) is 4.79 Å². The number of rotatable bonds is 4. The number of carbonyl (C=O) groups is 1. The lowest BCUT2D eigenvalue weighted by molar-refractivity contribution is 0.176. The van der Waals surface area contributed by atoms with Crippen molar-refractivity contribution in [2.45, 2.75) is 51.5 Å². The smallest absolute Gasteiger partial charge is 0.318 e. The number of amides is 2. The molecule has 3 heterocycles. The van der Waals surface area contributed by atoms with E-state index >= 15 is 0 Å². The number of hydrogen-bond acceptors (Lipinski definition) is 5. The van der Waals surface area contributed by atoms with E-state index in [1.54, 1.807) is 0 Å². The van der Waals surface area contributed by atoms with Crippen LogP contribution in [0, 0.1) is 0 Å². The topological polar surface area (TPSA) is 84.2 Å². The molecule has 1 aliphatic rings. The van der Waals surface area contributed by atoms with Gasteiger partial charge < -0.3 is 14.7 Å². The highest BCUT2D eigenvalue weighted by atomic mass is 16.5. The summed E-state index contributed by atoms with van der Waals surface area (Å²) in [5.74, 6) is 1.81. The Balaban J connectivity index is 1.52. The van der Waals surface area contributed by atoms with E-state index in [0.717, 1.165) is 25.9 Å². The summed E-state index contributed by atoms with van der Waals surface area (Å²) in [6.45, 7) is 7.36. The molecule has 1 fully saturated rings. The molecule has 7 nitrogen and oxygen atoms in total. The quantitative estimate of drug-likeness (QED) is 0.921. The number of nitrogens with zero attached hydrogens (tertiary/aromatic N) is 4. The first-order chi connectivity index (χ1) is 12.0. The SMILES string of the molecule is CC(C)c1noc(C(C)NC(=O)N2CCC(c3ccncc3)CC2)n1. The zero-order valence-electron chi connectivity index (χ0n) is 15.0. The van der Waals surface area contributed by atoms with E-state index in [4.69, 9.17) is 4.52 Å². The fraction of sp³-hybridized carbons (Fsp3) is 0.556. The van der Waals surface area contributed by atoms with Gasteiger partial charge >= 0.3 is 6.03 Å². The van der Waals surface area contributed by atoms with Gasteiger partial charge in [-0.1, -0.05) is 19.0 Å². The largest absolute Gasteiger partial charge is 0.337 e. The number of piperidine rings is 1. The molecule has 2 amide bonds. The van der Waals surface area contributed by atoms with Crippen LogP contribution in [0.25, 0.3) is 0 Å². The van der Waals surface area contributed by atoms with Gasteiger partial charge in [-0.3, -0.25) is 4.98 Å². The highest BCUT2D eigenvalue weighted by Gasteiger charge is 2.26. The summed E-state index contributed by atoms with van der Waals surface area (Å²) in [6, 6.07) is 3.74. The van der Waals surface area contributed by atoms with Crippen LogP contribution in [0.15, 0.2) is 29.0 Å². The second-order valence-electron chi connectivity index (χ2n) is 6.86. The van der Waals surface area contributed by atoms with Gasteiger partial charge in [-0.05, 0) is 43.4 Å². The van der Waals surface area contributed by atoms with Crippen molar-refractivity contribution in [2.24, 2.45) is 0 Å². The van der Waals surface area contributed by atoms with Crippen molar-refractivity contribution in [3.8, 4) is 0 Å². The lowest BCUT2D eigenvalue weighted by atomic mass is 9.90. The number of likely N-dealkylation sites (tertiary alicyclic amines) is 1. The molecular formula is C18H25N5O2. The molecule has 25 heavy (non-hydrogen) atoms. The van der Waals surface area contributed by atoms with E-state index in [2.05, 4.69) is 32.6 Å². The summed E-state index contributed by atoms with van der Waals surface area (Å²) in [5, 5.41) is 6.90. The average molecular weight is 343 g/mol. The number of aromatic nitrogens is 3. The highest BCUT2D eigenvalue weighted by molar-refractivity contribution is 5.74. The number of pyridine rings is 1. The molecule has 0 bridgehead atoms. The average Bonchev–Trinajstić information content (AvgIpc) is 3.13. The Labute approximate surface area is 147 Å². The molecule has 3 rings (SSSR count). The van der Waals surface area contributed by atoms with Crippen LogP contribution in [0.5, 0.6) is 0 Å². The third-order valence-electron chi connectivity index (χ3n) is 4.64. The van der Waals surface area contributed by atoms with E-state index < -0.39 is 0 Å². The maximum Gasteiger partial charge on any atom is 0.318 e. The van der Waals surface area contributed by atoms with Gasteiger partial charge in [0.1, 0.15) is 6.04 Å². The van der Waals surface area contributed by atoms with Gasteiger partial charge in [0, 0.05) is 31.4 Å². The van der Waals surface area contributed by atoms with Crippen molar-refractivity contribution in [2.75, 3.05) is 13.1 Å². The van der Waals surface area contributed by atoms with E-state index in [1.165, 1.54) is 5.56 Å². The fourth-order valence-corrected chi connectivity index (χ4v) is 3.05. The third-order valence-corrected chi connectivity index (χ3v) is 4.64. The van der Waals surface area contributed by atoms with Crippen LogP contribution < -0.4 is 5.32 Å². The van der Waals surface area contributed by atoms with Crippen LogP contribution in [0.4, 0.5) is 4.79 Å². The molecule has 2 aromatic rings. The standard InChI is InChI=1S/C18H25N5O2/c1-12(2)16-21-17(25-22-16)13(3)20-18(24)23-10-6-15(7-11-23)14-4-8-19-9-5-14/h4-5,8-9,12-13,15H,6-7,10-11H2,1-3H3,(H,20,24). The van der Waals surface area contributed by atoms with Gasteiger partial charge in [-0.25, -0.2) is 4.79 Å². The summed E-state index contributed by atoms with van der Waals surface area (Å²) in [5.41, 5.74) is 1.30. The second-order valence-corrected chi connectivity index (χ2v) is 6.86. The van der Waals surface area contributed by atoms with Crippen molar-refractivity contribution in [1.29, 1.82) is 0 Å². The maximum atomic E-state index is 12.5. The fourth-order valence-electron chi connectivity index (χ4n) is 3.05. The third kappa shape index (κ3) is 4.15. The second kappa shape index (κ2) is 7.63. The molecule has 0 radical (unpaired) electrons. The van der Waals surface area contributed by atoms with Gasteiger partial charge in [0.2, 0.25) is 5.89 Å². The highest BCUT2D eigenvalue weighted by Crippen LogP contribution is 2.27. The molecule has 1 aliphatic heterocycles. The molecular weight excluding hydrogens is 318 g/mol. The molecule has 1 unspecified atom stereocenters. The van der Waals surface area contributed by atoms with Crippen LogP contribution >= 0.6 is 0 Å². The number of nitrogens with one attached hydrogen (secondary N) is 1. The zero-order valence-corrected chi connectivity index (χ0v) is 15.0. The van der Waals surface area contributed by atoms with Crippen molar-refractivity contribution in [1.82, 2.24) is 25.3 Å². The number of carbonyl (C=O) groups excluding carboxylic acids is 1. The predicted molar refractivity (Wildman–Crippen MR) is 93.1 cm³/mol. The predicted octanol–water partition coefficient (Wildman–Crippen LogP) is 3.24. The number of hydrogen-bond donors (Lipinski definition) is 1. The van der Waals surface area contributed by atoms with Crippen LogP contribution in [0.1, 0.15) is 68.8 Å². The molecule has 134 valence electrons. The van der Waals surface area contributed by atoms with Crippen LogP contribution in [-0.2, 0) is 0 Å². The lowest BCUT2D eigenvalue weighted by Crippen LogP contribution is -2.44. The van der Waals surface area contributed by atoms with E-state index in [1.807, 2.05) is 38.1 Å². The lowest BCUT2D eigenvalue weighted by Gasteiger charge is -2.32. The first kappa shape index (κ1) is 17.4. The summed E-state index contributed by atoms with van der Waals surface area (Å²) in [6.07, 6.45) is 5.57. The van der Waals surface area contributed by atoms with Crippen molar-refractivity contribution >= 4 is 6.03 Å². The summed E-state index contributed by atoms with van der Waals surface area (Å²) >= 11 is 0. The first-order valence-electron chi connectivity index (χ1n) is 8.83. The summed E-state index contributed by atoms with van der Waals surface area (Å²) in [7, 11) is 0. The van der Waals surface area contributed by atoms with Gasteiger partial charge in [0.25, 0.3) is 0 Å². The molecule has 0 spiro atoms. The van der Waals surface area contributed by atoms with Crippen molar-refractivity contribution in [3.05, 3.63) is 41.8 Å². The minimum atomic E-state index is -0.301. The van der Waals surface area contributed by atoms with E-state index in [0.29, 0.717) is 17.6 Å². The van der Waals surface area contributed by atoms with Crippen molar-refractivity contribution in [3.63, 3.8) is 0 Å². The van der Waals surface area contributed by atoms with Crippen molar-refractivity contribution < 1.29 is 9.32 Å². The Morgan fingerprint density at radius 3 is 2.52 bits per heavy atom. The molecule has 2 aromatic heterocycles. The normalized spacial score (nSPS) is 16.9. The Morgan fingerprint density at radius 2 is 1.92 bits per heavy atom. The Bertz CT molecular complexity index is 693. The minimum Gasteiger partial charge on any atom is -0.337 e. The van der Waals surface area contributed by atoms with Gasteiger partial charge in [-0.2, -0.15) is 4.98 Å². The molecule has 0 saturated carbocycles. The number of urea groups is 1. The Hall–Kier alpha value is -2.44. The minimum absolute atomic E-state index is 0.0787. The summed E-state index contributed by atoms with van der Waals surface area (Å²) < 4.78 is 5.25. The molecule has 0 aromatic carbocycles. The van der Waals surface area contributed by atoms with Crippen LogP contribution in [-0.4, -0.2) is 39.1 Å². The van der Waals surface area contributed by atoms with Gasteiger partial charge in [0.15, 0.2) is 5.82 Å². The first-order valence-corrected chi connectivity index (χ1v) is 8.83. The monoisotopic (exact) mass is 343 g/mol. The Morgan fingerprint density at radius 1 is 1.24 bits per heavy atom. The van der Waals surface area contributed by atoms with Gasteiger partial charge in [0.05, 0.1) is 0 Å². The summed E-state index contributed by atoms with van der Waals surface area (Å²) in [4.78, 5) is 22.7. The molecule has 1 saturated heterocycles. The van der Waals surface area contributed by atoms with Crippen LogP contribution in [0.2, 0.25) is 0 Å². The maximum absolute atomic E-state index is 12.5. The van der Waals surface area contributed by atoms with Gasteiger partial charge in [-0.15, -0.1) is 0 Å². The van der Waals surface area contributed by atoms with Crippen LogP contribution in [0.3, 0.4) is 0 Å². The molecule has 1 N–H and O–H groups in total. The zero-order chi connectivity index (χ0) is 17.8. The van der Waals surface area contributed by atoms with E-state index in [-0.39, 0.29) is 18.0 Å². The molecule has 0 aliphatic carbocycles. The Kier molecular flexibility index (Phi) is 5.31. The molecule has 7 heteroatoms. The molecule has 1 atom stereocenters.